The van der Waals surface area contributed by atoms with Crippen molar-refractivity contribution in [2.45, 2.75) is 77.6 Å². The molecular weight excluding hydrogens is 359 g/mol. The molecule has 0 spiro atoms. The molecule has 0 atom stereocenters. The Morgan fingerprint density at radius 3 is 1.95 bits per heavy atom. The molecule has 0 heterocycles. The van der Waals surface area contributed by atoms with Gasteiger partial charge in [0, 0.05) is 0 Å². The second kappa shape index (κ2) is 11.4. The minimum Gasteiger partial charge on any atom is -0.507 e. The molecule has 0 amide bonds. The van der Waals surface area contributed by atoms with Gasteiger partial charge in [-0.2, -0.15) is 0 Å². The van der Waals surface area contributed by atoms with Gasteiger partial charge < -0.3 is 5.11 Å². The number of unbranched alkanes of at least 4 members (excludes halogenated alkanes) is 9. The van der Waals surface area contributed by atoms with E-state index in [4.69, 9.17) is 0 Å². The lowest BCUT2D eigenvalue weighted by Gasteiger charge is -2.04. The number of rotatable bonds is 11. The van der Waals surface area contributed by atoms with Crippen molar-refractivity contribution in [1.29, 1.82) is 0 Å². The molecule has 0 unspecified atom stereocenters. The van der Waals surface area contributed by atoms with Crippen LogP contribution in [0, 0.1) is 3.57 Å². The fourth-order valence-electron chi connectivity index (χ4n) is 2.52. The molecule has 0 saturated heterocycles. The third-order valence-corrected chi connectivity index (χ3v) is 4.70. The molecule has 0 aliphatic heterocycles. The molecule has 0 aromatic heterocycles. The highest BCUT2D eigenvalue weighted by Gasteiger charge is 1.99. The average molecular weight is 388 g/mol. The zero-order valence-electron chi connectivity index (χ0n) is 12.8. The Morgan fingerprint density at radius 2 is 1.40 bits per heavy atom. The Bertz CT molecular complexity index is 362. The number of hydrogen-bond acceptors (Lipinski definition) is 1. The molecule has 0 bridgehead atoms. The van der Waals surface area contributed by atoms with Crippen molar-refractivity contribution in [1.82, 2.24) is 0 Å². The summed E-state index contributed by atoms with van der Waals surface area (Å²) in [5, 5.41) is 9.48. The molecule has 0 aliphatic carbocycles. The van der Waals surface area contributed by atoms with E-state index in [1.165, 1.54) is 69.8 Å². The fourth-order valence-corrected chi connectivity index (χ4v) is 3.10. The molecular formula is C18H29IO. The number of benzene rings is 1. The summed E-state index contributed by atoms with van der Waals surface area (Å²) in [7, 11) is 0. The van der Waals surface area contributed by atoms with Crippen LogP contribution in [0.3, 0.4) is 0 Å². The SMILES string of the molecule is CCCCCCCCCCCCc1ccc(O)c(I)c1. The second-order valence-electron chi connectivity index (χ2n) is 5.72. The highest BCUT2D eigenvalue weighted by Crippen LogP contribution is 2.21. The summed E-state index contributed by atoms with van der Waals surface area (Å²) in [5.74, 6) is 0.400. The van der Waals surface area contributed by atoms with Crippen molar-refractivity contribution < 1.29 is 5.11 Å². The molecule has 114 valence electrons. The van der Waals surface area contributed by atoms with Gasteiger partial charge >= 0.3 is 0 Å². The summed E-state index contributed by atoms with van der Waals surface area (Å²) < 4.78 is 0.965. The third kappa shape index (κ3) is 8.13. The Labute approximate surface area is 138 Å². The van der Waals surface area contributed by atoms with Gasteiger partial charge in [-0.15, -0.1) is 0 Å². The number of hydrogen-bond donors (Lipinski definition) is 1. The second-order valence-corrected chi connectivity index (χ2v) is 6.88. The monoisotopic (exact) mass is 388 g/mol. The lowest BCUT2D eigenvalue weighted by atomic mass is 10.0. The smallest absolute Gasteiger partial charge is 0.128 e. The van der Waals surface area contributed by atoms with E-state index in [1.807, 2.05) is 12.1 Å². The highest BCUT2D eigenvalue weighted by molar-refractivity contribution is 14.1. The molecule has 1 rings (SSSR count). The lowest BCUT2D eigenvalue weighted by molar-refractivity contribution is 0.471. The van der Waals surface area contributed by atoms with Crippen LogP contribution in [0.5, 0.6) is 5.75 Å². The van der Waals surface area contributed by atoms with Crippen LogP contribution in [0.2, 0.25) is 0 Å². The normalized spacial score (nSPS) is 10.9. The van der Waals surface area contributed by atoms with E-state index in [1.54, 1.807) is 0 Å². The first-order valence-corrected chi connectivity index (χ1v) is 9.29. The van der Waals surface area contributed by atoms with Gasteiger partial charge in [0.2, 0.25) is 0 Å². The van der Waals surface area contributed by atoms with Crippen LogP contribution in [-0.4, -0.2) is 5.11 Å². The van der Waals surface area contributed by atoms with Gasteiger partial charge in [-0.25, -0.2) is 0 Å². The number of aryl methyl sites for hydroxylation is 1. The van der Waals surface area contributed by atoms with E-state index in [2.05, 4.69) is 35.6 Å². The van der Waals surface area contributed by atoms with Crippen LogP contribution >= 0.6 is 22.6 Å². The Hall–Kier alpha value is -0.250. The number of halogens is 1. The van der Waals surface area contributed by atoms with Crippen molar-refractivity contribution in [3.63, 3.8) is 0 Å². The number of phenols is 1. The fraction of sp³-hybridized carbons (Fsp3) is 0.667. The van der Waals surface area contributed by atoms with Crippen LogP contribution in [0.1, 0.15) is 76.7 Å². The van der Waals surface area contributed by atoms with Crippen LogP contribution in [0.25, 0.3) is 0 Å². The van der Waals surface area contributed by atoms with E-state index in [-0.39, 0.29) is 0 Å². The van der Waals surface area contributed by atoms with Gasteiger partial charge in [0.05, 0.1) is 3.57 Å². The van der Waals surface area contributed by atoms with E-state index in [0.717, 1.165) is 9.99 Å². The topological polar surface area (TPSA) is 20.2 Å². The Kier molecular flexibility index (Phi) is 10.2. The largest absolute Gasteiger partial charge is 0.507 e. The maximum atomic E-state index is 9.48. The minimum atomic E-state index is 0.400. The lowest BCUT2D eigenvalue weighted by Crippen LogP contribution is -1.88. The average Bonchev–Trinajstić information content (AvgIpc) is 2.45. The number of phenolic OH excluding ortho intramolecular Hbond substituents is 1. The molecule has 1 nitrogen and oxygen atoms in total. The van der Waals surface area contributed by atoms with Crippen LogP contribution in [-0.2, 0) is 6.42 Å². The van der Waals surface area contributed by atoms with Gasteiger partial charge in [-0.1, -0.05) is 70.8 Å². The molecule has 2 heteroatoms. The predicted molar refractivity (Wildman–Crippen MR) is 96.4 cm³/mol. The van der Waals surface area contributed by atoms with Crippen molar-refractivity contribution in [3.8, 4) is 5.75 Å². The summed E-state index contributed by atoms with van der Waals surface area (Å²) in [5.41, 5.74) is 1.35. The predicted octanol–water partition coefficient (Wildman–Crippen LogP) is 6.46. The van der Waals surface area contributed by atoms with Crippen molar-refractivity contribution >= 4 is 22.6 Å². The van der Waals surface area contributed by atoms with E-state index in [0.29, 0.717) is 5.75 Å². The van der Waals surface area contributed by atoms with Crippen molar-refractivity contribution in [2.24, 2.45) is 0 Å². The van der Waals surface area contributed by atoms with Gasteiger partial charge in [0.25, 0.3) is 0 Å². The van der Waals surface area contributed by atoms with Gasteiger partial charge in [-0.3, -0.25) is 0 Å². The standard InChI is InChI=1S/C18H29IO/c1-2-3-4-5-6-7-8-9-10-11-12-16-13-14-18(20)17(19)15-16/h13-15,20H,2-12H2,1H3. The first-order chi connectivity index (χ1) is 9.74. The summed E-state index contributed by atoms with van der Waals surface area (Å²) in [4.78, 5) is 0. The third-order valence-electron chi connectivity index (χ3n) is 3.83. The van der Waals surface area contributed by atoms with Crippen molar-refractivity contribution in [2.75, 3.05) is 0 Å². The van der Waals surface area contributed by atoms with Crippen LogP contribution < -0.4 is 0 Å². The summed E-state index contributed by atoms with van der Waals surface area (Å²) in [6.45, 7) is 2.27. The van der Waals surface area contributed by atoms with E-state index < -0.39 is 0 Å². The van der Waals surface area contributed by atoms with Gasteiger partial charge in [-0.05, 0) is 53.1 Å². The summed E-state index contributed by atoms with van der Waals surface area (Å²) >= 11 is 2.19. The number of aromatic hydroxyl groups is 1. The first-order valence-electron chi connectivity index (χ1n) is 8.21. The maximum Gasteiger partial charge on any atom is 0.128 e. The zero-order valence-corrected chi connectivity index (χ0v) is 15.0. The molecule has 1 N–H and O–H groups in total. The molecule has 0 radical (unpaired) electrons. The summed E-state index contributed by atoms with van der Waals surface area (Å²) in [6, 6.07) is 5.96. The minimum absolute atomic E-state index is 0.400. The quantitative estimate of drug-likeness (QED) is 0.341. The molecule has 1 aromatic rings. The van der Waals surface area contributed by atoms with Crippen LogP contribution in [0.4, 0.5) is 0 Å². The van der Waals surface area contributed by atoms with E-state index in [9.17, 15) is 5.11 Å². The molecule has 20 heavy (non-hydrogen) atoms. The molecule has 0 saturated carbocycles. The maximum absolute atomic E-state index is 9.48. The van der Waals surface area contributed by atoms with Gasteiger partial charge in [0.15, 0.2) is 0 Å². The Morgan fingerprint density at radius 1 is 0.850 bits per heavy atom. The van der Waals surface area contributed by atoms with Gasteiger partial charge in [0.1, 0.15) is 5.75 Å². The van der Waals surface area contributed by atoms with E-state index >= 15 is 0 Å². The molecule has 1 aromatic carbocycles. The highest BCUT2D eigenvalue weighted by atomic mass is 127. The summed E-state index contributed by atoms with van der Waals surface area (Å²) in [6.07, 6.45) is 15.0. The van der Waals surface area contributed by atoms with Crippen molar-refractivity contribution in [3.05, 3.63) is 27.3 Å². The molecule has 0 fully saturated rings. The molecule has 0 aliphatic rings. The first kappa shape index (κ1) is 17.8. The van der Waals surface area contributed by atoms with Crippen LogP contribution in [0.15, 0.2) is 18.2 Å². The Balaban J connectivity index is 1.95. The zero-order chi connectivity index (χ0) is 14.6.